The molecule has 1 saturated heterocycles. The van der Waals surface area contributed by atoms with Crippen LogP contribution in [0.15, 0.2) is 79.0 Å². The highest BCUT2D eigenvalue weighted by atomic mass is 32.2. The lowest BCUT2D eigenvalue weighted by Gasteiger charge is -2.31. The van der Waals surface area contributed by atoms with Gasteiger partial charge in [0.25, 0.3) is 5.91 Å². The van der Waals surface area contributed by atoms with Crippen molar-refractivity contribution in [1.29, 1.82) is 0 Å². The summed E-state index contributed by atoms with van der Waals surface area (Å²) >= 11 is 0. The van der Waals surface area contributed by atoms with E-state index >= 15 is 0 Å². The van der Waals surface area contributed by atoms with Gasteiger partial charge >= 0.3 is 6.18 Å². The number of carbonyl (C=O) groups is 1. The fraction of sp³-hybridized carbons (Fsp3) is 0.212. The molecule has 1 aromatic heterocycles. The topological polar surface area (TPSA) is 107 Å². The number of anilines is 2. The number of rotatable bonds is 7. The van der Waals surface area contributed by atoms with Crippen LogP contribution in [0, 0.1) is 0 Å². The summed E-state index contributed by atoms with van der Waals surface area (Å²) in [6.07, 6.45) is -3.03. The number of pyridine rings is 1. The van der Waals surface area contributed by atoms with Crippen LogP contribution >= 0.6 is 0 Å². The van der Waals surface area contributed by atoms with Gasteiger partial charge in [-0.05, 0) is 65.4 Å². The number of ether oxygens (including phenoxy) is 3. The van der Waals surface area contributed by atoms with Crippen molar-refractivity contribution in [3.05, 3.63) is 90.1 Å². The van der Waals surface area contributed by atoms with Crippen LogP contribution in [0.1, 0.15) is 15.9 Å². The summed E-state index contributed by atoms with van der Waals surface area (Å²) in [6.45, 7) is 0.196. The van der Waals surface area contributed by atoms with Gasteiger partial charge in [-0.15, -0.1) is 0 Å². The highest BCUT2D eigenvalue weighted by Gasteiger charge is 2.32. The molecule has 1 N–H and O–H groups in total. The first-order valence-corrected chi connectivity index (χ1v) is 16.0. The molecule has 1 aliphatic rings. The number of nitrogens with zero attached hydrogens (tertiary/aromatic N) is 2. The van der Waals surface area contributed by atoms with Crippen LogP contribution in [0.25, 0.3) is 21.7 Å². The lowest BCUT2D eigenvalue weighted by atomic mass is 10.0. The molecule has 0 atom stereocenters. The molecule has 46 heavy (non-hydrogen) atoms. The number of nitrogens with one attached hydrogen (secondary N) is 1. The van der Waals surface area contributed by atoms with E-state index in [-0.39, 0.29) is 35.8 Å². The summed E-state index contributed by atoms with van der Waals surface area (Å²) in [5.74, 6) is 1.15. The van der Waals surface area contributed by atoms with E-state index < -0.39 is 27.5 Å². The Hall–Kier alpha value is -5.04. The van der Waals surface area contributed by atoms with Crippen LogP contribution in [0.2, 0.25) is 0 Å². The second-order valence-corrected chi connectivity index (χ2v) is 13.0. The van der Waals surface area contributed by atoms with Crippen molar-refractivity contribution in [3.8, 4) is 23.0 Å². The zero-order chi connectivity index (χ0) is 32.6. The largest absolute Gasteiger partial charge is 0.493 e. The van der Waals surface area contributed by atoms with E-state index in [0.717, 1.165) is 12.1 Å². The fourth-order valence-corrected chi connectivity index (χ4v) is 6.62. The number of carbonyl (C=O) groups excluding carboxylic acids is 1. The van der Waals surface area contributed by atoms with E-state index in [9.17, 15) is 26.4 Å². The summed E-state index contributed by atoms with van der Waals surface area (Å²) in [5, 5.41) is 4.56. The van der Waals surface area contributed by atoms with Gasteiger partial charge in [0.15, 0.2) is 21.3 Å². The molecule has 0 aliphatic carbocycles. The Morgan fingerprint density at radius 1 is 0.870 bits per heavy atom. The first kappa shape index (κ1) is 31.0. The molecular formula is C33H28F3N3O6S. The molecule has 9 nitrogen and oxygen atoms in total. The van der Waals surface area contributed by atoms with Crippen molar-refractivity contribution in [2.45, 2.75) is 6.18 Å². The number of halogens is 3. The first-order chi connectivity index (χ1) is 22.0. The number of aromatic nitrogens is 1. The maximum absolute atomic E-state index is 13.6. The van der Waals surface area contributed by atoms with Gasteiger partial charge in [-0.1, -0.05) is 12.1 Å². The van der Waals surface area contributed by atoms with Crippen LogP contribution in [-0.4, -0.2) is 58.1 Å². The third kappa shape index (κ3) is 6.23. The Labute approximate surface area is 262 Å². The Bertz CT molecular complexity index is 2070. The van der Waals surface area contributed by atoms with E-state index in [0.29, 0.717) is 50.4 Å². The zero-order valence-corrected chi connectivity index (χ0v) is 25.5. The van der Waals surface area contributed by atoms with Crippen LogP contribution in [0.3, 0.4) is 0 Å². The third-order valence-corrected chi connectivity index (χ3v) is 9.40. The van der Waals surface area contributed by atoms with Crippen LogP contribution < -0.4 is 24.4 Å². The van der Waals surface area contributed by atoms with Crippen LogP contribution in [0.5, 0.6) is 23.0 Å². The van der Waals surface area contributed by atoms with Gasteiger partial charge in [0.05, 0.1) is 48.2 Å². The summed E-state index contributed by atoms with van der Waals surface area (Å²) in [5.41, 5.74) is 0.184. The van der Waals surface area contributed by atoms with Crippen molar-refractivity contribution in [3.63, 3.8) is 0 Å². The zero-order valence-electron chi connectivity index (χ0n) is 24.7. The minimum Gasteiger partial charge on any atom is -0.493 e. The van der Waals surface area contributed by atoms with Gasteiger partial charge in [-0.3, -0.25) is 9.78 Å². The van der Waals surface area contributed by atoms with Gasteiger partial charge in [0.1, 0.15) is 11.5 Å². The lowest BCUT2D eigenvalue weighted by molar-refractivity contribution is -0.137. The molecule has 1 aliphatic heterocycles. The van der Waals surface area contributed by atoms with E-state index in [2.05, 4.69) is 10.3 Å². The van der Waals surface area contributed by atoms with E-state index in [1.165, 1.54) is 20.3 Å². The average Bonchev–Trinajstić information content (AvgIpc) is 3.03. The van der Waals surface area contributed by atoms with Gasteiger partial charge in [-0.25, -0.2) is 8.42 Å². The van der Waals surface area contributed by atoms with Crippen LogP contribution in [-0.2, 0) is 16.0 Å². The molecular weight excluding hydrogens is 623 g/mol. The van der Waals surface area contributed by atoms with Crippen molar-refractivity contribution in [1.82, 2.24) is 4.98 Å². The summed E-state index contributed by atoms with van der Waals surface area (Å²) in [4.78, 5) is 19.7. The van der Waals surface area contributed by atoms with Crippen molar-refractivity contribution in [2.75, 3.05) is 49.0 Å². The average molecular weight is 652 g/mol. The van der Waals surface area contributed by atoms with Gasteiger partial charge in [0, 0.05) is 36.3 Å². The monoisotopic (exact) mass is 651 g/mol. The quantitative estimate of drug-likeness (QED) is 0.207. The van der Waals surface area contributed by atoms with Gasteiger partial charge in [0.2, 0.25) is 0 Å². The minimum atomic E-state index is -4.64. The van der Waals surface area contributed by atoms with Gasteiger partial charge < -0.3 is 24.4 Å². The van der Waals surface area contributed by atoms with Crippen molar-refractivity contribution < 1.29 is 40.6 Å². The Kier molecular flexibility index (Phi) is 8.11. The molecule has 6 rings (SSSR count). The maximum Gasteiger partial charge on any atom is 0.416 e. The van der Waals surface area contributed by atoms with Crippen molar-refractivity contribution in [2.24, 2.45) is 0 Å². The molecule has 238 valence electrons. The molecule has 0 radical (unpaired) electrons. The fourth-order valence-electron chi connectivity index (χ4n) is 5.42. The summed E-state index contributed by atoms with van der Waals surface area (Å²) in [7, 11) is -0.161. The second-order valence-electron chi connectivity index (χ2n) is 10.6. The standard InChI is InChI=1S/C33H28F3N3O6S/c1-43-30-18-25-26(19-31(30)44-2)37-11-10-29(25)45-22-7-8-23-20(16-22)4-3-5-24(23)32(40)38-27-17-21(33(34,35)36)6-9-28(27)39-12-14-46(41,42)15-13-39/h3-11,16-19H,12-15H2,1-2H3,(H,38,40). The number of fused-ring (bicyclic) bond motifs is 2. The third-order valence-electron chi connectivity index (χ3n) is 7.79. The van der Waals surface area contributed by atoms with E-state index in [1.54, 1.807) is 65.7 Å². The molecule has 13 heteroatoms. The number of sulfone groups is 1. The normalized spacial score (nSPS) is 14.7. The molecule has 0 bridgehead atoms. The number of amides is 1. The number of hydrogen-bond donors (Lipinski definition) is 1. The number of alkyl halides is 3. The molecule has 1 fully saturated rings. The van der Waals surface area contributed by atoms with E-state index in [4.69, 9.17) is 14.2 Å². The smallest absolute Gasteiger partial charge is 0.416 e. The molecule has 0 spiro atoms. The van der Waals surface area contributed by atoms with Gasteiger partial charge in [-0.2, -0.15) is 13.2 Å². The molecule has 4 aromatic carbocycles. The number of benzene rings is 4. The van der Waals surface area contributed by atoms with Crippen LogP contribution in [0.4, 0.5) is 24.5 Å². The Morgan fingerprint density at radius 2 is 1.61 bits per heavy atom. The molecule has 2 heterocycles. The lowest BCUT2D eigenvalue weighted by Crippen LogP contribution is -2.40. The first-order valence-electron chi connectivity index (χ1n) is 14.1. The molecule has 0 saturated carbocycles. The second kappa shape index (κ2) is 12.0. The SMILES string of the molecule is COc1cc2nccc(Oc3ccc4c(C(=O)Nc5cc(C(F)(F)F)ccc5N5CCS(=O)(=O)CC5)cccc4c3)c2cc1OC. The molecule has 1 amide bonds. The summed E-state index contributed by atoms with van der Waals surface area (Å²) in [6, 6.07) is 18.5. The Balaban J connectivity index is 1.31. The highest BCUT2D eigenvalue weighted by molar-refractivity contribution is 7.91. The van der Waals surface area contributed by atoms with Crippen molar-refractivity contribution >= 4 is 48.8 Å². The highest BCUT2D eigenvalue weighted by Crippen LogP contribution is 2.39. The van der Waals surface area contributed by atoms with E-state index in [1.807, 2.05) is 0 Å². The predicted molar refractivity (Wildman–Crippen MR) is 169 cm³/mol. The summed E-state index contributed by atoms with van der Waals surface area (Å²) < 4.78 is 81.8. The minimum absolute atomic E-state index is 0.0623. The number of methoxy groups -OCH3 is 2. The number of hydrogen-bond acceptors (Lipinski definition) is 8. The Morgan fingerprint density at radius 3 is 2.33 bits per heavy atom. The maximum atomic E-state index is 13.6. The molecule has 0 unspecified atom stereocenters. The predicted octanol–water partition coefficient (Wildman–Crippen LogP) is 6.70. The molecule has 5 aromatic rings.